The van der Waals surface area contributed by atoms with Gasteiger partial charge in [-0.3, -0.25) is 19.9 Å². The van der Waals surface area contributed by atoms with E-state index in [9.17, 15) is 19.8 Å². The van der Waals surface area contributed by atoms with Gasteiger partial charge >= 0.3 is 0 Å². The van der Waals surface area contributed by atoms with Crippen LogP contribution in [0.25, 0.3) is 32.7 Å². The molecule has 0 fully saturated rings. The van der Waals surface area contributed by atoms with E-state index < -0.39 is 5.91 Å². The molecule has 9 rings (SSSR count). The Balaban J connectivity index is 0.968. The average Bonchev–Trinajstić information content (AvgIpc) is 3.52. The number of azo groups is 2. The average molecular weight is 919 g/mol. The fourth-order valence-electron chi connectivity index (χ4n) is 7.09. The van der Waals surface area contributed by atoms with Gasteiger partial charge in [-0.15, -0.1) is 10.2 Å². The molecule has 0 spiro atoms. The van der Waals surface area contributed by atoms with E-state index in [1.807, 2.05) is 84.9 Å². The Labute approximate surface area is 359 Å². The third-order valence-electron chi connectivity index (χ3n) is 9.96. The number of carbonyl (C=O) groups excluding carboxylic acids is 2. The number of anilines is 2. The smallest absolute Gasteiger partial charge is 0.259 e. The lowest BCUT2D eigenvalue weighted by atomic mass is 10.0. The molecule has 0 unspecified atom stereocenters. The van der Waals surface area contributed by atoms with Crippen molar-refractivity contribution >= 4 is 99.2 Å². The van der Waals surface area contributed by atoms with Crippen LogP contribution in [0.2, 0.25) is 0 Å². The van der Waals surface area contributed by atoms with Crippen LogP contribution in [0.5, 0.6) is 11.5 Å². The summed E-state index contributed by atoms with van der Waals surface area (Å²) >= 11 is 6.86. The molecule has 0 aromatic heterocycles. The summed E-state index contributed by atoms with van der Waals surface area (Å²) in [7, 11) is 0. The lowest BCUT2D eigenvalue weighted by Gasteiger charge is -2.12. The highest BCUT2D eigenvalue weighted by Crippen LogP contribution is 2.44. The molecule has 13 heteroatoms. The normalized spacial score (nSPS) is 12.1. The van der Waals surface area contributed by atoms with Crippen LogP contribution in [0.15, 0.2) is 175 Å². The summed E-state index contributed by atoms with van der Waals surface area (Å²) in [6.45, 7) is 0.0490. The molecule has 0 radical (unpaired) electrons. The molecule has 292 valence electrons. The van der Waals surface area contributed by atoms with E-state index in [1.54, 1.807) is 60.7 Å². The number of hydrogen-bond donors (Lipinski definition) is 4. The van der Waals surface area contributed by atoms with E-state index in [4.69, 9.17) is 4.84 Å². The fraction of sp³-hybridized carbons (Fsp3) is 0.0213. The minimum Gasteiger partial charge on any atom is -0.505 e. The first-order valence-corrected chi connectivity index (χ1v) is 20.1. The molecular formula is C47H30Br2N6O5. The zero-order valence-corrected chi connectivity index (χ0v) is 34.4. The number of amides is 1. The molecule has 0 saturated carbocycles. The summed E-state index contributed by atoms with van der Waals surface area (Å²) in [5.41, 5.74) is 8.25. The summed E-state index contributed by atoms with van der Waals surface area (Å²) in [6.07, 6.45) is 0. The second-order valence-corrected chi connectivity index (χ2v) is 15.7. The number of carbonyl (C=O) groups is 2. The van der Waals surface area contributed by atoms with E-state index in [0.29, 0.717) is 49.9 Å². The molecule has 0 aliphatic heterocycles. The first-order chi connectivity index (χ1) is 29.2. The van der Waals surface area contributed by atoms with Crippen LogP contribution in [-0.2, 0) is 11.4 Å². The molecule has 0 bridgehead atoms. The van der Waals surface area contributed by atoms with E-state index in [1.165, 1.54) is 0 Å². The topological polar surface area (TPSA) is 157 Å². The quantitative estimate of drug-likeness (QED) is 0.0790. The summed E-state index contributed by atoms with van der Waals surface area (Å²) in [5.74, 6) is -1.14. The fourth-order valence-corrected chi connectivity index (χ4v) is 7.88. The van der Waals surface area contributed by atoms with Crippen molar-refractivity contribution < 1.29 is 24.6 Å². The second-order valence-electron chi connectivity index (χ2n) is 13.9. The molecule has 11 nitrogen and oxygen atoms in total. The minimum absolute atomic E-state index is 0.0325. The first kappa shape index (κ1) is 38.5. The molecule has 8 aromatic rings. The van der Waals surface area contributed by atoms with Gasteiger partial charge in [0, 0.05) is 42.1 Å². The monoisotopic (exact) mass is 916 g/mol. The number of nitrogens with one attached hydrogen (secondary N) is 2. The van der Waals surface area contributed by atoms with E-state index in [-0.39, 0.29) is 40.8 Å². The lowest BCUT2D eigenvalue weighted by Crippen LogP contribution is -2.12. The van der Waals surface area contributed by atoms with Gasteiger partial charge in [-0.05, 0) is 94.7 Å². The van der Waals surface area contributed by atoms with Crippen LogP contribution in [-0.4, -0.2) is 21.9 Å². The van der Waals surface area contributed by atoms with Crippen molar-refractivity contribution in [2.24, 2.45) is 20.5 Å². The van der Waals surface area contributed by atoms with Crippen molar-refractivity contribution in [2.45, 2.75) is 6.61 Å². The van der Waals surface area contributed by atoms with Crippen LogP contribution in [0.1, 0.15) is 31.8 Å². The number of benzene rings is 8. The van der Waals surface area contributed by atoms with Gasteiger partial charge in [0.2, 0.25) is 0 Å². The molecular weight excluding hydrogens is 888 g/mol. The standard InChI is InChI=1S/C47H30Br2N6O5/c48-29-9-5-11-31(21-29)50-47(59)41-20-27-8-2-4-14-36(27)43(46(41)58)54-52-33-16-18-38-37-17-15-32(23-39(37)45(57)40(38)24-33)51-53-42-35-13-3-1-7-26(35)19-28(44(42)56)25-60-55-34-12-6-10-30(49)22-34/h1-24,55-56,58H,25H2,(H,50,59). The predicted molar refractivity (Wildman–Crippen MR) is 240 cm³/mol. The van der Waals surface area contributed by atoms with Gasteiger partial charge in [-0.2, -0.15) is 10.2 Å². The third kappa shape index (κ3) is 7.64. The number of rotatable bonds is 10. The molecule has 8 aromatic carbocycles. The van der Waals surface area contributed by atoms with Crippen molar-refractivity contribution in [3.63, 3.8) is 0 Å². The van der Waals surface area contributed by atoms with Crippen molar-refractivity contribution in [1.82, 2.24) is 0 Å². The van der Waals surface area contributed by atoms with Gasteiger partial charge in [0.15, 0.2) is 11.5 Å². The summed E-state index contributed by atoms with van der Waals surface area (Å²) in [4.78, 5) is 32.9. The minimum atomic E-state index is -0.512. The number of aromatic hydroxyl groups is 2. The lowest BCUT2D eigenvalue weighted by molar-refractivity contribution is 0.102. The molecule has 1 aliphatic carbocycles. The summed E-state index contributed by atoms with van der Waals surface area (Å²) < 4.78 is 1.69. The van der Waals surface area contributed by atoms with Crippen molar-refractivity contribution in [1.29, 1.82) is 0 Å². The van der Waals surface area contributed by atoms with Crippen LogP contribution in [0.3, 0.4) is 0 Å². The molecule has 1 aliphatic rings. The molecule has 60 heavy (non-hydrogen) atoms. The molecule has 0 atom stereocenters. The van der Waals surface area contributed by atoms with Crippen LogP contribution < -0.4 is 10.8 Å². The number of nitrogens with zero attached hydrogens (tertiary/aromatic N) is 4. The van der Waals surface area contributed by atoms with Gasteiger partial charge in [-0.25, -0.2) is 0 Å². The number of phenols is 2. The van der Waals surface area contributed by atoms with E-state index in [0.717, 1.165) is 31.1 Å². The van der Waals surface area contributed by atoms with Gasteiger partial charge in [-0.1, -0.05) is 105 Å². The van der Waals surface area contributed by atoms with Crippen molar-refractivity contribution in [3.05, 3.63) is 177 Å². The first-order valence-electron chi connectivity index (χ1n) is 18.6. The van der Waals surface area contributed by atoms with Gasteiger partial charge in [0.25, 0.3) is 5.91 Å². The summed E-state index contributed by atoms with van der Waals surface area (Å²) in [6, 6.07) is 43.3. The van der Waals surface area contributed by atoms with Crippen molar-refractivity contribution in [2.75, 3.05) is 10.8 Å². The number of hydrogen-bond acceptors (Lipinski definition) is 10. The van der Waals surface area contributed by atoms with Crippen LogP contribution >= 0.6 is 31.9 Å². The Bertz CT molecular complexity index is 3120. The number of fused-ring (bicyclic) bond motifs is 5. The third-order valence-corrected chi connectivity index (χ3v) is 10.9. The Hall–Kier alpha value is -7.06. The number of phenolic OH excluding ortho intramolecular Hbond substituents is 2. The Morgan fingerprint density at radius 3 is 1.73 bits per heavy atom. The predicted octanol–water partition coefficient (Wildman–Crippen LogP) is 13.8. The SMILES string of the molecule is O=C1c2cc(N=Nc3c(O)c(CONc4cccc(Br)c4)cc4ccccc34)ccc2-c2ccc(N=Nc3c(O)c(C(=O)Nc4cccc(Br)c4)cc4ccccc34)cc21. The Kier molecular flexibility index (Phi) is 10.4. The molecule has 0 saturated heterocycles. The molecule has 0 heterocycles. The molecule has 1 amide bonds. The Morgan fingerprint density at radius 2 is 1.12 bits per heavy atom. The second kappa shape index (κ2) is 16.3. The summed E-state index contributed by atoms with van der Waals surface area (Å²) in [5, 5.41) is 46.2. The highest BCUT2D eigenvalue weighted by Gasteiger charge is 2.28. The highest BCUT2D eigenvalue weighted by molar-refractivity contribution is 9.10. The van der Waals surface area contributed by atoms with Crippen molar-refractivity contribution in [3.8, 4) is 22.6 Å². The van der Waals surface area contributed by atoms with E-state index >= 15 is 0 Å². The maximum atomic E-state index is 13.9. The van der Waals surface area contributed by atoms with Gasteiger partial charge in [0.05, 0.1) is 22.6 Å². The van der Waals surface area contributed by atoms with Crippen LogP contribution in [0.4, 0.5) is 34.1 Å². The molecule has 4 N–H and O–H groups in total. The number of halogens is 2. The van der Waals surface area contributed by atoms with Gasteiger partial charge in [0.1, 0.15) is 23.7 Å². The Morgan fingerprint density at radius 1 is 0.567 bits per heavy atom. The van der Waals surface area contributed by atoms with Crippen LogP contribution in [0, 0.1) is 0 Å². The van der Waals surface area contributed by atoms with Gasteiger partial charge < -0.3 is 15.5 Å². The zero-order valence-electron chi connectivity index (χ0n) is 31.2. The largest absolute Gasteiger partial charge is 0.505 e. The maximum Gasteiger partial charge on any atom is 0.259 e. The number of ketones is 1. The van der Waals surface area contributed by atoms with E-state index in [2.05, 4.69) is 63.1 Å². The zero-order chi connectivity index (χ0) is 41.3. The maximum absolute atomic E-state index is 13.9. The highest BCUT2D eigenvalue weighted by atomic mass is 79.9.